The van der Waals surface area contributed by atoms with Gasteiger partial charge in [-0.05, 0) is 44.0 Å². The van der Waals surface area contributed by atoms with Crippen LogP contribution in [-0.4, -0.2) is 35.1 Å². The van der Waals surface area contributed by atoms with Gasteiger partial charge in [0, 0.05) is 24.3 Å². The summed E-state index contributed by atoms with van der Waals surface area (Å²) >= 11 is 0. The number of pyridine rings is 1. The summed E-state index contributed by atoms with van der Waals surface area (Å²) in [5.74, 6) is -2.12. The summed E-state index contributed by atoms with van der Waals surface area (Å²) < 4.78 is 13.9. The highest BCUT2D eigenvalue weighted by atomic mass is 19.1. The van der Waals surface area contributed by atoms with E-state index in [1.54, 1.807) is 13.0 Å². The molecule has 0 spiro atoms. The molecule has 1 saturated heterocycles. The standard InChI is InChI=1S/C18H18FN3O3/c1-11-16(18(24)25)9-14(10-20-11)21-17(23)12-6-13(19)8-15(7-12)22-4-2-3-5-22/h6-10H,2-5H2,1H3,(H,21,23)(H,24,25). The lowest BCUT2D eigenvalue weighted by molar-refractivity contribution is 0.0695. The highest BCUT2D eigenvalue weighted by Gasteiger charge is 2.17. The van der Waals surface area contributed by atoms with Gasteiger partial charge in [0.1, 0.15) is 5.82 Å². The van der Waals surface area contributed by atoms with Crippen molar-refractivity contribution in [2.45, 2.75) is 19.8 Å². The van der Waals surface area contributed by atoms with E-state index in [-0.39, 0.29) is 16.8 Å². The zero-order chi connectivity index (χ0) is 18.0. The maximum absolute atomic E-state index is 13.9. The number of halogens is 1. The summed E-state index contributed by atoms with van der Waals surface area (Å²) in [4.78, 5) is 29.6. The molecular weight excluding hydrogens is 325 g/mol. The third-order valence-electron chi connectivity index (χ3n) is 4.19. The van der Waals surface area contributed by atoms with Gasteiger partial charge in [-0.15, -0.1) is 0 Å². The first kappa shape index (κ1) is 16.9. The predicted octanol–water partition coefficient (Wildman–Crippen LogP) is 3.08. The normalized spacial score (nSPS) is 13.8. The van der Waals surface area contributed by atoms with Gasteiger partial charge in [-0.3, -0.25) is 9.78 Å². The SMILES string of the molecule is Cc1ncc(NC(=O)c2cc(F)cc(N3CCCC3)c2)cc1C(=O)O. The maximum atomic E-state index is 13.9. The Labute approximate surface area is 144 Å². The summed E-state index contributed by atoms with van der Waals surface area (Å²) in [6, 6.07) is 5.55. The molecule has 0 aliphatic carbocycles. The van der Waals surface area contributed by atoms with E-state index < -0.39 is 17.7 Å². The zero-order valence-electron chi connectivity index (χ0n) is 13.8. The fraction of sp³-hybridized carbons (Fsp3) is 0.278. The fourth-order valence-corrected chi connectivity index (χ4v) is 2.88. The van der Waals surface area contributed by atoms with Gasteiger partial charge in [0.25, 0.3) is 5.91 Å². The number of carboxylic acids is 1. The van der Waals surface area contributed by atoms with Crippen molar-refractivity contribution < 1.29 is 19.1 Å². The molecule has 2 heterocycles. The summed E-state index contributed by atoms with van der Waals surface area (Å²) in [5, 5.41) is 11.7. The summed E-state index contributed by atoms with van der Waals surface area (Å²) in [6.45, 7) is 3.26. The molecule has 130 valence electrons. The summed E-state index contributed by atoms with van der Waals surface area (Å²) in [7, 11) is 0. The second-order valence-corrected chi connectivity index (χ2v) is 6.01. The Hall–Kier alpha value is -2.96. The van der Waals surface area contributed by atoms with Gasteiger partial charge in [-0.25, -0.2) is 9.18 Å². The van der Waals surface area contributed by atoms with Crippen LogP contribution in [0.5, 0.6) is 0 Å². The Morgan fingerprint density at radius 1 is 1.20 bits per heavy atom. The van der Waals surface area contributed by atoms with Gasteiger partial charge in [0.15, 0.2) is 0 Å². The van der Waals surface area contributed by atoms with Gasteiger partial charge < -0.3 is 15.3 Å². The number of carbonyl (C=O) groups is 2. The van der Waals surface area contributed by atoms with Crippen LogP contribution in [0.4, 0.5) is 15.8 Å². The van der Waals surface area contributed by atoms with Crippen LogP contribution in [0.2, 0.25) is 0 Å². The van der Waals surface area contributed by atoms with Crippen molar-refractivity contribution in [2.24, 2.45) is 0 Å². The van der Waals surface area contributed by atoms with E-state index in [0.717, 1.165) is 32.0 Å². The molecule has 1 aromatic carbocycles. The first-order chi connectivity index (χ1) is 11.9. The molecule has 0 bridgehead atoms. The van der Waals surface area contributed by atoms with Crippen molar-refractivity contribution in [1.82, 2.24) is 4.98 Å². The van der Waals surface area contributed by atoms with Crippen LogP contribution < -0.4 is 10.2 Å². The molecule has 25 heavy (non-hydrogen) atoms. The van der Waals surface area contributed by atoms with Crippen molar-refractivity contribution in [2.75, 3.05) is 23.3 Å². The van der Waals surface area contributed by atoms with Gasteiger partial charge in [0.05, 0.1) is 23.1 Å². The van der Waals surface area contributed by atoms with Crippen LogP contribution >= 0.6 is 0 Å². The van der Waals surface area contributed by atoms with E-state index >= 15 is 0 Å². The Kier molecular flexibility index (Phi) is 4.65. The molecule has 3 rings (SSSR count). The second kappa shape index (κ2) is 6.88. The summed E-state index contributed by atoms with van der Waals surface area (Å²) in [6.07, 6.45) is 3.47. The smallest absolute Gasteiger partial charge is 0.337 e. The maximum Gasteiger partial charge on any atom is 0.337 e. The number of nitrogens with zero attached hydrogens (tertiary/aromatic N) is 2. The highest BCUT2D eigenvalue weighted by Crippen LogP contribution is 2.23. The minimum Gasteiger partial charge on any atom is -0.478 e. The first-order valence-corrected chi connectivity index (χ1v) is 8.01. The van der Waals surface area contributed by atoms with Crippen LogP contribution in [0.15, 0.2) is 30.5 Å². The van der Waals surface area contributed by atoms with Gasteiger partial charge in [-0.1, -0.05) is 0 Å². The molecule has 7 heteroatoms. The molecular formula is C18H18FN3O3. The molecule has 0 atom stereocenters. The molecule has 1 fully saturated rings. The van der Waals surface area contributed by atoms with Gasteiger partial charge in [0.2, 0.25) is 0 Å². The topological polar surface area (TPSA) is 82.5 Å². The fourth-order valence-electron chi connectivity index (χ4n) is 2.88. The number of aryl methyl sites for hydroxylation is 1. The van der Waals surface area contributed by atoms with E-state index in [2.05, 4.69) is 10.3 Å². The number of carbonyl (C=O) groups excluding carboxylic acids is 1. The molecule has 1 aliphatic heterocycles. The van der Waals surface area contributed by atoms with Crippen molar-refractivity contribution >= 4 is 23.3 Å². The molecule has 6 nitrogen and oxygen atoms in total. The predicted molar refractivity (Wildman–Crippen MR) is 91.7 cm³/mol. The Bertz CT molecular complexity index is 832. The molecule has 0 unspecified atom stereocenters. The van der Waals surface area contributed by atoms with Crippen LogP contribution in [0.3, 0.4) is 0 Å². The third-order valence-corrected chi connectivity index (χ3v) is 4.19. The van der Waals surface area contributed by atoms with Crippen LogP contribution in [0.25, 0.3) is 0 Å². The summed E-state index contributed by atoms with van der Waals surface area (Å²) in [5.41, 5.74) is 1.47. The van der Waals surface area contributed by atoms with Crippen molar-refractivity contribution in [3.63, 3.8) is 0 Å². The second-order valence-electron chi connectivity index (χ2n) is 6.01. The number of amides is 1. The zero-order valence-corrected chi connectivity index (χ0v) is 13.8. The number of rotatable bonds is 4. The monoisotopic (exact) mass is 343 g/mol. The minimum atomic E-state index is -1.12. The van der Waals surface area contributed by atoms with Crippen LogP contribution in [0.1, 0.15) is 39.3 Å². The van der Waals surface area contributed by atoms with Crippen LogP contribution in [0, 0.1) is 12.7 Å². The van der Waals surface area contributed by atoms with Gasteiger partial charge in [-0.2, -0.15) is 0 Å². The van der Waals surface area contributed by atoms with Crippen LogP contribution in [-0.2, 0) is 0 Å². The van der Waals surface area contributed by atoms with Crippen molar-refractivity contribution in [3.05, 3.63) is 53.1 Å². The lowest BCUT2D eigenvalue weighted by atomic mass is 10.1. The number of hydrogen-bond donors (Lipinski definition) is 2. The van der Waals surface area contributed by atoms with Crippen molar-refractivity contribution in [1.29, 1.82) is 0 Å². The average Bonchev–Trinajstić information content (AvgIpc) is 3.10. The molecule has 0 radical (unpaired) electrons. The van der Waals surface area contributed by atoms with E-state index in [1.165, 1.54) is 18.3 Å². The Balaban J connectivity index is 1.84. The van der Waals surface area contributed by atoms with E-state index in [1.807, 2.05) is 4.90 Å². The third kappa shape index (κ3) is 3.76. The number of anilines is 2. The number of hydrogen-bond acceptors (Lipinski definition) is 4. The molecule has 2 aromatic rings. The average molecular weight is 343 g/mol. The Morgan fingerprint density at radius 3 is 2.60 bits per heavy atom. The van der Waals surface area contributed by atoms with Crippen molar-refractivity contribution in [3.8, 4) is 0 Å². The Morgan fingerprint density at radius 2 is 1.92 bits per heavy atom. The first-order valence-electron chi connectivity index (χ1n) is 8.01. The number of benzene rings is 1. The lowest BCUT2D eigenvalue weighted by Crippen LogP contribution is -2.19. The molecule has 2 N–H and O–H groups in total. The van der Waals surface area contributed by atoms with E-state index in [9.17, 15) is 14.0 Å². The lowest BCUT2D eigenvalue weighted by Gasteiger charge is -2.18. The molecule has 1 amide bonds. The largest absolute Gasteiger partial charge is 0.478 e. The van der Waals surface area contributed by atoms with Gasteiger partial charge >= 0.3 is 5.97 Å². The number of aromatic nitrogens is 1. The van der Waals surface area contributed by atoms with E-state index in [4.69, 9.17) is 5.11 Å². The number of aromatic carboxylic acids is 1. The molecule has 0 saturated carbocycles. The van der Waals surface area contributed by atoms with E-state index in [0.29, 0.717) is 11.4 Å². The molecule has 1 aromatic heterocycles. The minimum absolute atomic E-state index is 0.00907. The molecule has 1 aliphatic rings. The quantitative estimate of drug-likeness (QED) is 0.891. The number of carboxylic acid groups (broad SMARTS) is 1. The number of nitrogens with one attached hydrogen (secondary N) is 1. The highest BCUT2D eigenvalue weighted by molar-refractivity contribution is 6.05.